The fraction of sp³-hybridized carbons (Fsp3) is 0.571. The molecule has 0 unspecified atom stereocenters. The summed E-state index contributed by atoms with van der Waals surface area (Å²) in [4.78, 5) is 15.8. The third-order valence-electron chi connectivity index (χ3n) is 3.15. The number of pyridine rings is 1. The van der Waals surface area contributed by atoms with Gasteiger partial charge in [0.15, 0.2) is 0 Å². The molecule has 0 spiro atoms. The third-order valence-corrected chi connectivity index (χ3v) is 3.15. The van der Waals surface area contributed by atoms with Crippen molar-refractivity contribution < 1.29 is 9.53 Å². The van der Waals surface area contributed by atoms with Gasteiger partial charge in [0.1, 0.15) is 5.82 Å². The largest absolute Gasteiger partial charge is 0.378 e. The summed E-state index contributed by atoms with van der Waals surface area (Å²) in [5.41, 5.74) is 1.08. The fourth-order valence-electron chi connectivity index (χ4n) is 2.09. The van der Waals surface area contributed by atoms with Crippen molar-refractivity contribution in [2.75, 3.05) is 25.0 Å². The van der Waals surface area contributed by atoms with Gasteiger partial charge in [0.2, 0.25) is 5.91 Å². The Balaban J connectivity index is 1.67. The number of aryl methyl sites for hydroxylation is 1. The molecule has 0 atom stereocenters. The van der Waals surface area contributed by atoms with Gasteiger partial charge < -0.3 is 15.4 Å². The number of ether oxygens (including phenoxy) is 1. The maximum atomic E-state index is 11.7. The van der Waals surface area contributed by atoms with Gasteiger partial charge >= 0.3 is 0 Å². The van der Waals surface area contributed by atoms with Crippen LogP contribution in [0, 0.1) is 6.92 Å². The van der Waals surface area contributed by atoms with Crippen molar-refractivity contribution in [2.45, 2.75) is 32.3 Å². The lowest BCUT2D eigenvalue weighted by atomic mass is 10.1. The Morgan fingerprint density at radius 3 is 3.05 bits per heavy atom. The van der Waals surface area contributed by atoms with Crippen LogP contribution in [-0.2, 0) is 9.53 Å². The van der Waals surface area contributed by atoms with Gasteiger partial charge in [-0.2, -0.15) is 0 Å². The monoisotopic (exact) mass is 263 g/mol. The fourth-order valence-corrected chi connectivity index (χ4v) is 2.09. The van der Waals surface area contributed by atoms with E-state index in [-0.39, 0.29) is 5.91 Å². The summed E-state index contributed by atoms with van der Waals surface area (Å²) < 4.78 is 5.69. The molecule has 0 radical (unpaired) electrons. The van der Waals surface area contributed by atoms with E-state index in [0.717, 1.165) is 31.5 Å². The number of nitrogens with one attached hydrogen (secondary N) is 2. The van der Waals surface area contributed by atoms with Crippen LogP contribution in [0.15, 0.2) is 18.3 Å². The van der Waals surface area contributed by atoms with E-state index >= 15 is 0 Å². The van der Waals surface area contributed by atoms with Crippen LogP contribution >= 0.6 is 0 Å². The standard InChI is InChI=1S/C14H21N3O2/c1-11-2-8-16-13(10-11)17-14(18)5-9-19-12-3-6-15-7-4-12/h2,8,10,12,15H,3-7,9H2,1H3,(H,16,17,18). The van der Waals surface area contributed by atoms with Crippen molar-refractivity contribution in [3.8, 4) is 0 Å². The summed E-state index contributed by atoms with van der Waals surface area (Å²) in [5, 5.41) is 6.06. The lowest BCUT2D eigenvalue weighted by Crippen LogP contribution is -2.33. The molecule has 2 heterocycles. The maximum absolute atomic E-state index is 11.7. The minimum absolute atomic E-state index is 0.0490. The topological polar surface area (TPSA) is 63.2 Å². The molecule has 1 amide bonds. The maximum Gasteiger partial charge on any atom is 0.227 e. The molecule has 104 valence electrons. The summed E-state index contributed by atoms with van der Waals surface area (Å²) in [5.74, 6) is 0.555. The zero-order valence-electron chi connectivity index (χ0n) is 11.3. The number of rotatable bonds is 5. The summed E-state index contributed by atoms with van der Waals surface area (Å²) >= 11 is 0. The van der Waals surface area contributed by atoms with Crippen LogP contribution in [0.1, 0.15) is 24.8 Å². The number of amides is 1. The van der Waals surface area contributed by atoms with Crippen LogP contribution in [-0.4, -0.2) is 36.7 Å². The SMILES string of the molecule is Cc1ccnc(NC(=O)CCOC2CCNCC2)c1. The van der Waals surface area contributed by atoms with Gasteiger partial charge in [-0.3, -0.25) is 4.79 Å². The van der Waals surface area contributed by atoms with E-state index in [1.54, 1.807) is 6.20 Å². The molecule has 1 aromatic heterocycles. The van der Waals surface area contributed by atoms with Crippen LogP contribution < -0.4 is 10.6 Å². The molecule has 1 saturated heterocycles. The first-order valence-electron chi connectivity index (χ1n) is 6.79. The minimum Gasteiger partial charge on any atom is -0.378 e. The van der Waals surface area contributed by atoms with Crippen molar-refractivity contribution in [1.82, 2.24) is 10.3 Å². The van der Waals surface area contributed by atoms with Crippen molar-refractivity contribution >= 4 is 11.7 Å². The van der Waals surface area contributed by atoms with Gasteiger partial charge in [-0.15, -0.1) is 0 Å². The number of piperidine rings is 1. The highest BCUT2D eigenvalue weighted by Crippen LogP contribution is 2.08. The smallest absolute Gasteiger partial charge is 0.227 e. The van der Waals surface area contributed by atoms with Gasteiger partial charge in [0.25, 0.3) is 0 Å². The van der Waals surface area contributed by atoms with E-state index in [2.05, 4.69) is 15.6 Å². The lowest BCUT2D eigenvalue weighted by Gasteiger charge is -2.22. The Kier molecular flexibility index (Phi) is 5.30. The summed E-state index contributed by atoms with van der Waals surface area (Å²) in [6, 6.07) is 3.75. The number of nitrogens with zero attached hydrogens (tertiary/aromatic N) is 1. The Morgan fingerprint density at radius 1 is 1.53 bits per heavy atom. The molecular weight excluding hydrogens is 242 g/mol. The average molecular weight is 263 g/mol. The predicted molar refractivity (Wildman–Crippen MR) is 74.1 cm³/mol. The summed E-state index contributed by atoms with van der Waals surface area (Å²) in [7, 11) is 0. The average Bonchev–Trinajstić information content (AvgIpc) is 2.40. The first kappa shape index (κ1) is 14.0. The number of anilines is 1. The molecule has 1 aliphatic rings. The summed E-state index contributed by atoms with van der Waals surface area (Å²) in [6.07, 6.45) is 4.42. The molecule has 0 aromatic carbocycles. The number of hydrogen-bond acceptors (Lipinski definition) is 4. The highest BCUT2D eigenvalue weighted by atomic mass is 16.5. The second-order valence-electron chi connectivity index (χ2n) is 4.84. The molecule has 0 bridgehead atoms. The first-order chi connectivity index (χ1) is 9.24. The van der Waals surface area contributed by atoms with E-state index in [9.17, 15) is 4.79 Å². The van der Waals surface area contributed by atoms with Crippen molar-refractivity contribution in [1.29, 1.82) is 0 Å². The van der Waals surface area contributed by atoms with Gasteiger partial charge in [-0.25, -0.2) is 4.98 Å². The molecule has 2 N–H and O–H groups in total. The minimum atomic E-state index is -0.0490. The Morgan fingerprint density at radius 2 is 2.32 bits per heavy atom. The Hall–Kier alpha value is -1.46. The van der Waals surface area contributed by atoms with Crippen LogP contribution in [0.3, 0.4) is 0 Å². The number of hydrogen-bond donors (Lipinski definition) is 2. The first-order valence-corrected chi connectivity index (χ1v) is 6.79. The van der Waals surface area contributed by atoms with Gasteiger partial charge in [-0.05, 0) is 50.6 Å². The van der Waals surface area contributed by atoms with Gasteiger partial charge in [0.05, 0.1) is 19.1 Å². The molecule has 5 heteroatoms. The molecule has 0 saturated carbocycles. The second kappa shape index (κ2) is 7.21. The molecule has 0 aliphatic carbocycles. The zero-order chi connectivity index (χ0) is 13.5. The van der Waals surface area contributed by atoms with Crippen LogP contribution in [0.4, 0.5) is 5.82 Å². The number of carbonyl (C=O) groups is 1. The predicted octanol–water partition coefficient (Wildman–Crippen LogP) is 1.49. The molecule has 5 nitrogen and oxygen atoms in total. The molecule has 2 rings (SSSR count). The zero-order valence-corrected chi connectivity index (χ0v) is 11.3. The molecule has 1 fully saturated rings. The van der Waals surface area contributed by atoms with Gasteiger partial charge in [-0.1, -0.05) is 0 Å². The molecular formula is C14H21N3O2. The Bertz CT molecular complexity index is 417. The molecule has 1 aromatic rings. The highest BCUT2D eigenvalue weighted by Gasteiger charge is 2.13. The van der Waals surface area contributed by atoms with Crippen molar-refractivity contribution in [2.24, 2.45) is 0 Å². The van der Waals surface area contributed by atoms with E-state index in [4.69, 9.17) is 4.74 Å². The van der Waals surface area contributed by atoms with Crippen molar-refractivity contribution in [3.63, 3.8) is 0 Å². The van der Waals surface area contributed by atoms with Crippen LogP contribution in [0.2, 0.25) is 0 Å². The van der Waals surface area contributed by atoms with E-state index in [1.807, 2.05) is 19.1 Å². The molecule has 19 heavy (non-hydrogen) atoms. The quantitative estimate of drug-likeness (QED) is 0.845. The number of aromatic nitrogens is 1. The molecule has 1 aliphatic heterocycles. The van der Waals surface area contributed by atoms with Crippen LogP contribution in [0.25, 0.3) is 0 Å². The van der Waals surface area contributed by atoms with E-state index < -0.39 is 0 Å². The second-order valence-corrected chi connectivity index (χ2v) is 4.84. The summed E-state index contributed by atoms with van der Waals surface area (Å²) in [6.45, 7) is 4.45. The normalized spacial score (nSPS) is 16.3. The van der Waals surface area contributed by atoms with E-state index in [1.165, 1.54) is 0 Å². The number of carbonyl (C=O) groups excluding carboxylic acids is 1. The van der Waals surface area contributed by atoms with E-state index in [0.29, 0.717) is 24.9 Å². The van der Waals surface area contributed by atoms with Crippen molar-refractivity contribution in [3.05, 3.63) is 23.9 Å². The third kappa shape index (κ3) is 4.96. The lowest BCUT2D eigenvalue weighted by molar-refractivity contribution is -0.117. The Labute approximate surface area is 113 Å². The van der Waals surface area contributed by atoms with Gasteiger partial charge in [0, 0.05) is 6.20 Å². The van der Waals surface area contributed by atoms with Crippen LogP contribution in [0.5, 0.6) is 0 Å². The highest BCUT2D eigenvalue weighted by molar-refractivity contribution is 5.89.